The van der Waals surface area contributed by atoms with Crippen molar-refractivity contribution >= 4 is 5.91 Å². The zero-order valence-electron chi connectivity index (χ0n) is 18.3. The summed E-state index contributed by atoms with van der Waals surface area (Å²) in [7, 11) is 1.63. The highest BCUT2D eigenvalue weighted by atomic mass is 16.5. The van der Waals surface area contributed by atoms with E-state index >= 15 is 0 Å². The highest BCUT2D eigenvalue weighted by Crippen LogP contribution is 2.41. The molecule has 0 fully saturated rings. The van der Waals surface area contributed by atoms with Crippen LogP contribution in [0.5, 0.6) is 17.2 Å². The van der Waals surface area contributed by atoms with Gasteiger partial charge >= 0.3 is 0 Å². The third-order valence-electron chi connectivity index (χ3n) is 6.00. The monoisotopic (exact) mass is 409 g/mol. The molecule has 0 spiro atoms. The van der Waals surface area contributed by atoms with Crippen LogP contribution in [0.1, 0.15) is 62.8 Å². The molecule has 1 amide bonds. The molecule has 30 heavy (non-hydrogen) atoms. The molecular formula is C25H31NO4. The Kier molecular flexibility index (Phi) is 5.63. The van der Waals surface area contributed by atoms with E-state index < -0.39 is 6.10 Å². The molecule has 0 aromatic heterocycles. The molecule has 1 aliphatic heterocycles. The van der Waals surface area contributed by atoms with Gasteiger partial charge in [0, 0.05) is 18.1 Å². The van der Waals surface area contributed by atoms with E-state index in [0.29, 0.717) is 6.42 Å². The van der Waals surface area contributed by atoms with Crippen LogP contribution in [0.2, 0.25) is 0 Å². The van der Waals surface area contributed by atoms with Gasteiger partial charge in [0.25, 0.3) is 5.91 Å². The van der Waals surface area contributed by atoms with E-state index in [1.54, 1.807) is 14.0 Å². The van der Waals surface area contributed by atoms with E-state index in [4.69, 9.17) is 14.2 Å². The number of hydrogen-bond acceptors (Lipinski definition) is 4. The van der Waals surface area contributed by atoms with Gasteiger partial charge in [0.15, 0.2) is 6.10 Å². The molecule has 0 saturated carbocycles. The predicted octanol–water partition coefficient (Wildman–Crippen LogP) is 4.76. The molecular weight excluding hydrogens is 378 g/mol. The SMILES string of the molecule is COc1ccc2c(c1)OC(C)(C)C[C@@H]2NC(=O)[C@H](C)Oc1ccc2c(c1)CCCC2. The van der Waals surface area contributed by atoms with Crippen LogP contribution in [0.25, 0.3) is 0 Å². The molecule has 2 aromatic carbocycles. The lowest BCUT2D eigenvalue weighted by Crippen LogP contribution is -2.44. The zero-order chi connectivity index (χ0) is 21.3. The van der Waals surface area contributed by atoms with Crippen molar-refractivity contribution in [3.63, 3.8) is 0 Å². The van der Waals surface area contributed by atoms with E-state index in [0.717, 1.165) is 35.7 Å². The van der Waals surface area contributed by atoms with Crippen LogP contribution < -0.4 is 19.5 Å². The first-order chi connectivity index (χ1) is 14.3. The van der Waals surface area contributed by atoms with E-state index in [1.807, 2.05) is 38.1 Å². The Balaban J connectivity index is 1.46. The minimum absolute atomic E-state index is 0.128. The Bertz CT molecular complexity index is 937. The summed E-state index contributed by atoms with van der Waals surface area (Å²) in [4.78, 5) is 12.9. The van der Waals surface area contributed by atoms with E-state index in [2.05, 4.69) is 17.4 Å². The molecule has 1 heterocycles. The van der Waals surface area contributed by atoms with Crippen LogP contribution in [-0.2, 0) is 17.6 Å². The lowest BCUT2D eigenvalue weighted by molar-refractivity contribution is -0.128. The minimum Gasteiger partial charge on any atom is -0.497 e. The number of fused-ring (bicyclic) bond motifs is 2. The lowest BCUT2D eigenvalue weighted by Gasteiger charge is -2.38. The summed E-state index contributed by atoms with van der Waals surface area (Å²) >= 11 is 0. The number of carbonyl (C=O) groups excluding carboxylic acids is 1. The molecule has 160 valence electrons. The van der Waals surface area contributed by atoms with Gasteiger partial charge in [-0.2, -0.15) is 0 Å². The van der Waals surface area contributed by atoms with Gasteiger partial charge in [-0.1, -0.05) is 6.07 Å². The summed E-state index contributed by atoms with van der Waals surface area (Å²) < 4.78 is 17.4. The maximum Gasteiger partial charge on any atom is 0.261 e. The molecule has 4 rings (SSSR count). The van der Waals surface area contributed by atoms with Gasteiger partial charge < -0.3 is 19.5 Å². The topological polar surface area (TPSA) is 56.8 Å². The Morgan fingerprint density at radius 2 is 1.83 bits per heavy atom. The van der Waals surface area contributed by atoms with Crippen LogP contribution in [-0.4, -0.2) is 24.7 Å². The van der Waals surface area contributed by atoms with Crippen molar-refractivity contribution in [2.45, 2.75) is 70.6 Å². The summed E-state index contributed by atoms with van der Waals surface area (Å²) in [5.41, 5.74) is 3.33. The summed E-state index contributed by atoms with van der Waals surface area (Å²) in [6, 6.07) is 11.8. The molecule has 0 unspecified atom stereocenters. The van der Waals surface area contributed by atoms with Crippen LogP contribution in [0.4, 0.5) is 0 Å². The molecule has 5 heteroatoms. The standard InChI is InChI=1S/C25H31NO4/c1-16(29-20-10-9-17-7-5-6-8-18(17)13-20)24(27)26-22-15-25(2,3)30-23-14-19(28-4)11-12-21(22)23/h9-14,16,22H,5-8,15H2,1-4H3,(H,26,27)/t16-,22-/m0/s1. The molecule has 0 radical (unpaired) electrons. The first-order valence-corrected chi connectivity index (χ1v) is 10.8. The fourth-order valence-corrected chi connectivity index (χ4v) is 4.42. The number of ether oxygens (including phenoxy) is 3. The Hall–Kier alpha value is -2.69. The first kappa shape index (κ1) is 20.6. The van der Waals surface area contributed by atoms with Crippen molar-refractivity contribution in [1.82, 2.24) is 5.32 Å². The van der Waals surface area contributed by atoms with Crippen molar-refractivity contribution in [2.75, 3.05) is 7.11 Å². The number of hydrogen-bond donors (Lipinski definition) is 1. The summed E-state index contributed by atoms with van der Waals surface area (Å²) in [6.45, 7) is 5.86. The smallest absolute Gasteiger partial charge is 0.261 e. The largest absolute Gasteiger partial charge is 0.497 e. The second-order valence-electron chi connectivity index (χ2n) is 8.93. The van der Waals surface area contributed by atoms with E-state index in [9.17, 15) is 4.79 Å². The second kappa shape index (κ2) is 8.21. The maximum absolute atomic E-state index is 12.9. The predicted molar refractivity (Wildman–Crippen MR) is 116 cm³/mol. The normalized spacial score (nSPS) is 20.2. The summed E-state index contributed by atoms with van der Waals surface area (Å²) in [6.07, 6.45) is 4.79. The van der Waals surface area contributed by atoms with Gasteiger partial charge in [0.05, 0.1) is 13.2 Å². The highest BCUT2D eigenvalue weighted by Gasteiger charge is 2.35. The van der Waals surface area contributed by atoms with Crippen LogP contribution in [0.3, 0.4) is 0 Å². The van der Waals surface area contributed by atoms with Crippen molar-refractivity contribution in [3.05, 3.63) is 53.1 Å². The highest BCUT2D eigenvalue weighted by molar-refractivity contribution is 5.81. The molecule has 0 bridgehead atoms. The maximum atomic E-state index is 12.9. The molecule has 2 aliphatic rings. The van der Waals surface area contributed by atoms with Gasteiger partial charge in [-0.25, -0.2) is 0 Å². The van der Waals surface area contributed by atoms with Gasteiger partial charge in [-0.05, 0) is 81.8 Å². The molecule has 1 N–H and O–H groups in total. The zero-order valence-corrected chi connectivity index (χ0v) is 18.3. The van der Waals surface area contributed by atoms with Crippen LogP contribution in [0, 0.1) is 0 Å². The van der Waals surface area contributed by atoms with Gasteiger partial charge in [-0.15, -0.1) is 0 Å². The van der Waals surface area contributed by atoms with Crippen molar-refractivity contribution in [3.8, 4) is 17.2 Å². The van der Waals surface area contributed by atoms with E-state index in [-0.39, 0.29) is 17.6 Å². The quantitative estimate of drug-likeness (QED) is 0.774. The number of benzene rings is 2. The Morgan fingerprint density at radius 3 is 2.60 bits per heavy atom. The molecule has 2 atom stereocenters. The van der Waals surface area contributed by atoms with Gasteiger partial charge in [-0.3, -0.25) is 4.79 Å². The summed E-state index contributed by atoms with van der Waals surface area (Å²) in [5, 5.41) is 3.17. The fraction of sp³-hybridized carbons (Fsp3) is 0.480. The van der Waals surface area contributed by atoms with Crippen molar-refractivity contribution in [1.29, 1.82) is 0 Å². The Labute approximate surface area is 178 Å². The van der Waals surface area contributed by atoms with Crippen LogP contribution >= 0.6 is 0 Å². The fourth-order valence-electron chi connectivity index (χ4n) is 4.42. The third kappa shape index (κ3) is 4.40. The van der Waals surface area contributed by atoms with Gasteiger partial charge in [0.1, 0.15) is 22.8 Å². The van der Waals surface area contributed by atoms with Crippen LogP contribution in [0.15, 0.2) is 36.4 Å². The number of rotatable bonds is 5. The number of carbonyl (C=O) groups is 1. The molecule has 2 aromatic rings. The third-order valence-corrected chi connectivity index (χ3v) is 6.00. The lowest BCUT2D eigenvalue weighted by atomic mass is 9.89. The van der Waals surface area contributed by atoms with Gasteiger partial charge in [0.2, 0.25) is 0 Å². The van der Waals surface area contributed by atoms with Crippen molar-refractivity contribution in [2.24, 2.45) is 0 Å². The average molecular weight is 410 g/mol. The first-order valence-electron chi connectivity index (χ1n) is 10.8. The number of amides is 1. The Morgan fingerprint density at radius 1 is 1.10 bits per heavy atom. The summed E-state index contributed by atoms with van der Waals surface area (Å²) in [5.74, 6) is 2.12. The number of aryl methyl sites for hydroxylation is 2. The molecule has 1 aliphatic carbocycles. The van der Waals surface area contributed by atoms with E-state index in [1.165, 1.54) is 24.0 Å². The minimum atomic E-state index is -0.584. The number of nitrogens with one attached hydrogen (secondary N) is 1. The van der Waals surface area contributed by atoms with Crippen molar-refractivity contribution < 1.29 is 19.0 Å². The molecule has 0 saturated heterocycles. The molecule has 5 nitrogen and oxygen atoms in total. The number of methoxy groups -OCH3 is 1. The average Bonchev–Trinajstić information content (AvgIpc) is 2.72. The second-order valence-corrected chi connectivity index (χ2v) is 8.93.